The first-order chi connectivity index (χ1) is 8.91. The van der Waals surface area contributed by atoms with Crippen LogP contribution in [0.25, 0.3) is 0 Å². The quantitative estimate of drug-likeness (QED) is 0.495. The van der Waals surface area contributed by atoms with Crippen LogP contribution < -0.4 is 0 Å². The van der Waals surface area contributed by atoms with Crippen LogP contribution in [0.1, 0.15) is 25.7 Å². The fourth-order valence-electron chi connectivity index (χ4n) is 2.40. The van der Waals surface area contributed by atoms with Gasteiger partial charge in [-0.05, 0) is 25.7 Å². The number of carbonyl (C=O) groups is 1. The standard InChI is InChI=1S/C11H12F6O3/c1-2-7(18)20-8(5-3-4-6-8)9(19,10(12,13)14)11(15,16)17/h2,19H,1,3-6H2. The lowest BCUT2D eigenvalue weighted by Gasteiger charge is -2.45. The van der Waals surface area contributed by atoms with Crippen molar-refractivity contribution in [1.82, 2.24) is 0 Å². The van der Waals surface area contributed by atoms with Gasteiger partial charge in [0.1, 0.15) is 0 Å². The van der Waals surface area contributed by atoms with Crippen LogP contribution in [0.2, 0.25) is 0 Å². The molecule has 0 saturated heterocycles. The summed E-state index contributed by atoms with van der Waals surface area (Å²) in [6.45, 7) is 2.92. The van der Waals surface area contributed by atoms with Gasteiger partial charge >= 0.3 is 18.3 Å². The summed E-state index contributed by atoms with van der Waals surface area (Å²) in [5, 5.41) is 9.42. The van der Waals surface area contributed by atoms with E-state index in [4.69, 9.17) is 0 Å². The first-order valence-electron chi connectivity index (χ1n) is 5.62. The summed E-state index contributed by atoms with van der Waals surface area (Å²) in [5.74, 6) is -1.45. The molecule has 0 aromatic rings. The maximum Gasteiger partial charge on any atom is 0.430 e. The maximum absolute atomic E-state index is 12.9. The monoisotopic (exact) mass is 306 g/mol. The number of halogens is 6. The Morgan fingerprint density at radius 2 is 1.50 bits per heavy atom. The average Bonchev–Trinajstić information content (AvgIpc) is 2.74. The van der Waals surface area contributed by atoms with Gasteiger partial charge in [-0.25, -0.2) is 4.79 Å². The molecule has 1 N–H and O–H groups in total. The molecule has 20 heavy (non-hydrogen) atoms. The van der Waals surface area contributed by atoms with Gasteiger partial charge in [0.25, 0.3) is 5.60 Å². The van der Waals surface area contributed by atoms with Crippen molar-refractivity contribution in [1.29, 1.82) is 0 Å². The Labute approximate surface area is 110 Å². The molecule has 9 heteroatoms. The molecule has 1 saturated carbocycles. The van der Waals surface area contributed by atoms with E-state index in [0.29, 0.717) is 6.08 Å². The van der Waals surface area contributed by atoms with E-state index in [-0.39, 0.29) is 12.8 Å². The van der Waals surface area contributed by atoms with Gasteiger partial charge < -0.3 is 9.84 Å². The molecule has 0 spiro atoms. The van der Waals surface area contributed by atoms with Crippen LogP contribution >= 0.6 is 0 Å². The van der Waals surface area contributed by atoms with Crippen LogP contribution in [0.15, 0.2) is 12.7 Å². The van der Waals surface area contributed by atoms with Crippen molar-refractivity contribution in [2.45, 2.75) is 49.2 Å². The molecule has 1 aliphatic carbocycles. The molecular formula is C11H12F6O3. The van der Waals surface area contributed by atoms with Crippen molar-refractivity contribution in [3.8, 4) is 0 Å². The van der Waals surface area contributed by atoms with E-state index in [9.17, 15) is 36.2 Å². The lowest BCUT2D eigenvalue weighted by atomic mass is 9.79. The van der Waals surface area contributed by atoms with Crippen molar-refractivity contribution < 1.29 is 41.0 Å². The second-order valence-corrected chi connectivity index (χ2v) is 4.53. The van der Waals surface area contributed by atoms with Gasteiger partial charge in [0, 0.05) is 6.08 Å². The third kappa shape index (κ3) is 2.38. The Morgan fingerprint density at radius 1 is 1.10 bits per heavy atom. The number of aliphatic hydroxyl groups is 1. The smallest absolute Gasteiger partial charge is 0.430 e. The number of hydrogen-bond acceptors (Lipinski definition) is 3. The van der Waals surface area contributed by atoms with Crippen LogP contribution in [-0.2, 0) is 9.53 Å². The molecule has 1 fully saturated rings. The zero-order chi connectivity index (χ0) is 15.8. The molecule has 1 aliphatic rings. The molecule has 0 heterocycles. The molecule has 0 unspecified atom stereocenters. The third-order valence-electron chi connectivity index (χ3n) is 3.35. The highest BCUT2D eigenvalue weighted by atomic mass is 19.4. The summed E-state index contributed by atoms with van der Waals surface area (Å²) in [7, 11) is 0. The van der Waals surface area contributed by atoms with Gasteiger partial charge in [0.15, 0.2) is 5.60 Å². The molecule has 116 valence electrons. The summed E-state index contributed by atoms with van der Waals surface area (Å²) in [6.07, 6.45) is -13.1. The van der Waals surface area contributed by atoms with Crippen LogP contribution in [0.5, 0.6) is 0 Å². The van der Waals surface area contributed by atoms with E-state index >= 15 is 0 Å². The normalized spacial score (nSPS) is 19.8. The van der Waals surface area contributed by atoms with Crippen molar-refractivity contribution in [2.75, 3.05) is 0 Å². The van der Waals surface area contributed by atoms with Crippen LogP contribution in [-0.4, -0.2) is 34.6 Å². The van der Waals surface area contributed by atoms with Gasteiger partial charge in [-0.3, -0.25) is 0 Å². The molecule has 0 atom stereocenters. The SMILES string of the molecule is C=CC(=O)OC1(C(O)(C(F)(F)F)C(F)(F)F)CCCC1. The lowest BCUT2D eigenvalue weighted by molar-refractivity contribution is -0.411. The highest BCUT2D eigenvalue weighted by molar-refractivity contribution is 5.81. The zero-order valence-electron chi connectivity index (χ0n) is 10.1. The maximum atomic E-state index is 12.9. The summed E-state index contributed by atoms with van der Waals surface area (Å²) in [6, 6.07) is 0. The largest absolute Gasteiger partial charge is 0.452 e. The van der Waals surface area contributed by atoms with E-state index in [2.05, 4.69) is 11.3 Å². The summed E-state index contributed by atoms with van der Waals surface area (Å²) < 4.78 is 81.5. The third-order valence-corrected chi connectivity index (χ3v) is 3.35. The molecule has 0 amide bonds. The number of ether oxygens (including phenoxy) is 1. The Bertz CT molecular complexity index is 378. The van der Waals surface area contributed by atoms with Crippen LogP contribution in [0, 0.1) is 0 Å². The number of alkyl halides is 6. The number of rotatable bonds is 3. The highest BCUT2D eigenvalue weighted by Crippen LogP contribution is 2.56. The minimum absolute atomic E-state index is 0.0289. The molecule has 0 radical (unpaired) electrons. The Morgan fingerprint density at radius 3 is 1.80 bits per heavy atom. The number of hydrogen-bond donors (Lipinski definition) is 1. The molecule has 1 rings (SSSR count). The fraction of sp³-hybridized carbons (Fsp3) is 0.727. The zero-order valence-corrected chi connectivity index (χ0v) is 10.1. The summed E-state index contributed by atoms with van der Waals surface area (Å²) in [4.78, 5) is 11.1. The first kappa shape index (κ1) is 16.8. The number of esters is 1. The van der Waals surface area contributed by atoms with Crippen LogP contribution in [0.4, 0.5) is 26.3 Å². The topological polar surface area (TPSA) is 46.5 Å². The second kappa shape index (κ2) is 4.94. The molecule has 0 aliphatic heterocycles. The molecule has 0 aromatic carbocycles. The van der Waals surface area contributed by atoms with Crippen molar-refractivity contribution >= 4 is 5.97 Å². The minimum Gasteiger partial charge on any atom is -0.452 e. The number of carbonyl (C=O) groups excluding carboxylic acids is 1. The first-order valence-corrected chi connectivity index (χ1v) is 5.62. The Balaban J connectivity index is 3.41. The van der Waals surface area contributed by atoms with Gasteiger partial charge in [-0.1, -0.05) is 6.58 Å². The van der Waals surface area contributed by atoms with E-state index < -0.39 is 42.4 Å². The fourth-order valence-corrected chi connectivity index (χ4v) is 2.40. The summed E-state index contributed by atoms with van der Waals surface area (Å²) >= 11 is 0. The van der Waals surface area contributed by atoms with E-state index in [1.54, 1.807) is 0 Å². The van der Waals surface area contributed by atoms with Crippen molar-refractivity contribution in [3.05, 3.63) is 12.7 Å². The molecule has 3 nitrogen and oxygen atoms in total. The predicted octanol–water partition coefficient (Wildman–Crippen LogP) is 2.88. The highest BCUT2D eigenvalue weighted by Gasteiger charge is 2.81. The minimum atomic E-state index is -6.03. The molecular weight excluding hydrogens is 294 g/mol. The van der Waals surface area contributed by atoms with E-state index in [1.807, 2.05) is 0 Å². The summed E-state index contributed by atoms with van der Waals surface area (Å²) in [5.41, 5.74) is -8.18. The van der Waals surface area contributed by atoms with Crippen molar-refractivity contribution in [2.24, 2.45) is 0 Å². The molecule has 0 bridgehead atoms. The van der Waals surface area contributed by atoms with Gasteiger partial charge in [-0.15, -0.1) is 0 Å². The van der Waals surface area contributed by atoms with Crippen molar-refractivity contribution in [3.63, 3.8) is 0 Å². The van der Waals surface area contributed by atoms with Gasteiger partial charge in [0.2, 0.25) is 0 Å². The average molecular weight is 306 g/mol. The van der Waals surface area contributed by atoms with Crippen LogP contribution in [0.3, 0.4) is 0 Å². The van der Waals surface area contributed by atoms with Gasteiger partial charge in [0.05, 0.1) is 0 Å². The van der Waals surface area contributed by atoms with Gasteiger partial charge in [-0.2, -0.15) is 26.3 Å². The van der Waals surface area contributed by atoms with E-state index in [1.165, 1.54) is 0 Å². The van der Waals surface area contributed by atoms with E-state index in [0.717, 1.165) is 0 Å². The Kier molecular flexibility index (Phi) is 4.15. The second-order valence-electron chi connectivity index (χ2n) is 4.53. The Hall–Kier alpha value is -1.25. The lowest BCUT2D eigenvalue weighted by Crippen LogP contribution is -2.71. The molecule has 0 aromatic heterocycles. The predicted molar refractivity (Wildman–Crippen MR) is 54.5 cm³/mol.